The first kappa shape index (κ1) is 19.3. The molecule has 0 radical (unpaired) electrons. The van der Waals surface area contributed by atoms with Gasteiger partial charge in [-0.3, -0.25) is 4.79 Å². The summed E-state index contributed by atoms with van der Waals surface area (Å²) in [5.74, 6) is 1.56. The third-order valence-corrected chi connectivity index (χ3v) is 4.16. The number of carbonyl (C=O) groups is 1. The molecule has 2 aromatic rings. The Hall–Kier alpha value is -2.02. The van der Waals surface area contributed by atoms with Gasteiger partial charge in [-0.15, -0.1) is 0 Å². The molecule has 0 N–H and O–H groups in total. The molecule has 0 spiro atoms. The minimum Gasteiger partial charge on any atom is -0.490 e. The Bertz CT molecular complexity index is 728. The molecule has 2 rings (SSSR count). The minimum absolute atomic E-state index is 0.105. The van der Waals surface area contributed by atoms with Gasteiger partial charge in [-0.1, -0.05) is 21.1 Å². The number of carbonyl (C=O) groups excluding carboxylic acids is 1. The zero-order chi connectivity index (χ0) is 18.4. The van der Waals surface area contributed by atoms with Crippen molar-refractivity contribution in [3.63, 3.8) is 0 Å². The average Bonchev–Trinajstić information content (AvgIpc) is 2.98. The van der Waals surface area contributed by atoms with Gasteiger partial charge in [0.05, 0.1) is 19.6 Å². The van der Waals surface area contributed by atoms with E-state index in [1.165, 1.54) is 0 Å². The number of rotatable bonds is 8. The second kappa shape index (κ2) is 8.89. The van der Waals surface area contributed by atoms with E-state index in [2.05, 4.69) is 21.1 Å². The molecule has 0 aliphatic rings. The molecule has 1 heterocycles. The molecular formula is C18H22BrNO5. The van der Waals surface area contributed by atoms with Gasteiger partial charge in [0, 0.05) is 10.5 Å². The first-order valence-electron chi connectivity index (χ1n) is 8.15. The van der Waals surface area contributed by atoms with Crippen molar-refractivity contribution in [3.8, 4) is 11.5 Å². The topological polar surface area (TPSA) is 70.8 Å². The molecule has 25 heavy (non-hydrogen) atoms. The highest BCUT2D eigenvalue weighted by Crippen LogP contribution is 2.34. The lowest BCUT2D eigenvalue weighted by Gasteiger charge is -2.15. The van der Waals surface area contributed by atoms with Crippen molar-refractivity contribution in [1.29, 1.82) is 0 Å². The van der Waals surface area contributed by atoms with Crippen LogP contribution >= 0.6 is 15.9 Å². The van der Waals surface area contributed by atoms with Crippen LogP contribution < -0.4 is 9.47 Å². The van der Waals surface area contributed by atoms with Gasteiger partial charge in [-0.25, -0.2) is 0 Å². The largest absolute Gasteiger partial charge is 0.490 e. The van der Waals surface area contributed by atoms with E-state index in [0.717, 1.165) is 10.0 Å². The molecule has 0 bridgehead atoms. The summed E-state index contributed by atoms with van der Waals surface area (Å²) in [6.07, 6.45) is -0.369. The van der Waals surface area contributed by atoms with Gasteiger partial charge in [-0.2, -0.15) is 0 Å². The fourth-order valence-corrected chi connectivity index (χ4v) is 2.74. The predicted molar refractivity (Wildman–Crippen MR) is 95.9 cm³/mol. The molecule has 6 nitrogen and oxygen atoms in total. The molecule has 1 aromatic carbocycles. The molecule has 7 heteroatoms. The van der Waals surface area contributed by atoms with Crippen molar-refractivity contribution < 1.29 is 23.5 Å². The Labute approximate surface area is 155 Å². The van der Waals surface area contributed by atoms with Crippen LogP contribution in [0.25, 0.3) is 0 Å². The van der Waals surface area contributed by atoms with Crippen molar-refractivity contribution in [1.82, 2.24) is 5.16 Å². The van der Waals surface area contributed by atoms with E-state index in [1.54, 1.807) is 26.0 Å². The fraction of sp³-hybridized carbons (Fsp3) is 0.444. The van der Waals surface area contributed by atoms with Gasteiger partial charge in [0.15, 0.2) is 11.5 Å². The van der Waals surface area contributed by atoms with E-state index >= 15 is 0 Å². The Morgan fingerprint density at radius 1 is 1.20 bits per heavy atom. The third kappa shape index (κ3) is 5.22. The van der Waals surface area contributed by atoms with Gasteiger partial charge in [-0.05, 0) is 45.4 Å². The molecule has 0 aliphatic heterocycles. The number of halogens is 1. The molecular weight excluding hydrogens is 390 g/mol. The highest BCUT2D eigenvalue weighted by molar-refractivity contribution is 9.10. The normalized spacial score (nSPS) is 11.9. The number of hydrogen-bond donors (Lipinski definition) is 0. The maximum absolute atomic E-state index is 12.3. The molecule has 1 aromatic heterocycles. The average molecular weight is 412 g/mol. The molecule has 0 aliphatic carbocycles. The summed E-state index contributed by atoms with van der Waals surface area (Å²) in [5.41, 5.74) is 1.35. The van der Waals surface area contributed by atoms with Crippen molar-refractivity contribution in [3.05, 3.63) is 39.7 Å². The molecule has 0 amide bonds. The van der Waals surface area contributed by atoms with Crippen LogP contribution in [0.5, 0.6) is 11.5 Å². The number of ether oxygens (including phenoxy) is 3. The van der Waals surface area contributed by atoms with Crippen LogP contribution in [0.2, 0.25) is 0 Å². The summed E-state index contributed by atoms with van der Waals surface area (Å²) in [6, 6.07) is 5.35. The minimum atomic E-state index is -0.474. The SMILES string of the molecule is CCOc1cc(Br)c(CC(=O)OC(C)c2cc(C)on2)cc1OCC. The van der Waals surface area contributed by atoms with Crippen LogP contribution in [0.4, 0.5) is 0 Å². The summed E-state index contributed by atoms with van der Waals surface area (Å²) in [6.45, 7) is 8.39. The van der Waals surface area contributed by atoms with Crippen LogP contribution in [-0.2, 0) is 16.0 Å². The van der Waals surface area contributed by atoms with E-state index in [0.29, 0.717) is 36.2 Å². The van der Waals surface area contributed by atoms with Crippen LogP contribution in [0.15, 0.2) is 27.2 Å². The van der Waals surface area contributed by atoms with E-state index in [1.807, 2.05) is 19.9 Å². The molecule has 0 saturated heterocycles. The van der Waals surface area contributed by atoms with E-state index in [9.17, 15) is 4.79 Å². The lowest BCUT2D eigenvalue weighted by molar-refractivity contribution is -0.148. The van der Waals surface area contributed by atoms with Gasteiger partial charge >= 0.3 is 5.97 Å². The summed E-state index contributed by atoms with van der Waals surface area (Å²) in [4.78, 5) is 12.3. The van der Waals surface area contributed by atoms with E-state index < -0.39 is 6.10 Å². The van der Waals surface area contributed by atoms with Crippen LogP contribution in [0, 0.1) is 6.92 Å². The summed E-state index contributed by atoms with van der Waals surface area (Å²) in [7, 11) is 0. The second-order valence-corrected chi connectivity index (χ2v) is 6.28. The second-order valence-electron chi connectivity index (χ2n) is 5.43. The highest BCUT2D eigenvalue weighted by Gasteiger charge is 2.18. The maximum atomic E-state index is 12.3. The standard InChI is InChI=1S/C18H22BrNO5/c1-5-22-16-8-13(14(19)10-17(16)23-6-2)9-18(21)24-12(4)15-7-11(3)25-20-15/h7-8,10,12H,5-6,9H2,1-4H3. The van der Waals surface area contributed by atoms with Crippen molar-refractivity contribution in [2.45, 2.75) is 40.2 Å². The fourth-order valence-electron chi connectivity index (χ4n) is 2.28. The molecule has 0 fully saturated rings. The number of nitrogens with zero attached hydrogens (tertiary/aromatic N) is 1. The van der Waals surface area contributed by atoms with Gasteiger partial charge in [0.25, 0.3) is 0 Å². The van der Waals surface area contributed by atoms with Crippen LogP contribution in [0.1, 0.15) is 43.9 Å². The highest BCUT2D eigenvalue weighted by atomic mass is 79.9. The number of aromatic nitrogens is 1. The Kier molecular flexibility index (Phi) is 6.87. The quantitative estimate of drug-likeness (QED) is 0.599. The summed E-state index contributed by atoms with van der Waals surface area (Å²) >= 11 is 3.47. The van der Waals surface area contributed by atoms with Crippen molar-refractivity contribution >= 4 is 21.9 Å². The molecule has 1 unspecified atom stereocenters. The van der Waals surface area contributed by atoms with Crippen LogP contribution in [0.3, 0.4) is 0 Å². The summed E-state index contributed by atoms with van der Waals surface area (Å²) in [5, 5.41) is 3.87. The Balaban J connectivity index is 2.10. The maximum Gasteiger partial charge on any atom is 0.310 e. The summed E-state index contributed by atoms with van der Waals surface area (Å²) < 4.78 is 22.4. The number of hydrogen-bond acceptors (Lipinski definition) is 6. The van der Waals surface area contributed by atoms with Gasteiger partial charge in [0.2, 0.25) is 0 Å². The van der Waals surface area contributed by atoms with Crippen LogP contribution in [-0.4, -0.2) is 24.3 Å². The molecule has 0 saturated carbocycles. The van der Waals surface area contributed by atoms with Gasteiger partial charge in [0.1, 0.15) is 17.6 Å². The third-order valence-electron chi connectivity index (χ3n) is 3.42. The van der Waals surface area contributed by atoms with Crippen molar-refractivity contribution in [2.24, 2.45) is 0 Å². The van der Waals surface area contributed by atoms with Crippen molar-refractivity contribution in [2.75, 3.05) is 13.2 Å². The number of benzene rings is 1. The van der Waals surface area contributed by atoms with Gasteiger partial charge < -0.3 is 18.7 Å². The van der Waals surface area contributed by atoms with E-state index in [4.69, 9.17) is 18.7 Å². The Morgan fingerprint density at radius 3 is 2.40 bits per heavy atom. The first-order chi connectivity index (χ1) is 11.9. The predicted octanol–water partition coefficient (Wildman–Crippen LogP) is 4.39. The first-order valence-corrected chi connectivity index (χ1v) is 8.94. The number of aryl methyl sites for hydroxylation is 1. The monoisotopic (exact) mass is 411 g/mol. The molecule has 1 atom stereocenters. The molecule has 136 valence electrons. The number of esters is 1. The zero-order valence-electron chi connectivity index (χ0n) is 14.8. The Morgan fingerprint density at radius 2 is 1.84 bits per heavy atom. The smallest absolute Gasteiger partial charge is 0.310 e. The lowest BCUT2D eigenvalue weighted by atomic mass is 10.1. The lowest BCUT2D eigenvalue weighted by Crippen LogP contribution is -2.12. The zero-order valence-corrected chi connectivity index (χ0v) is 16.4. The van der Waals surface area contributed by atoms with E-state index in [-0.39, 0.29) is 12.4 Å².